The van der Waals surface area contributed by atoms with Crippen LogP contribution in [0.2, 0.25) is 0 Å². The van der Waals surface area contributed by atoms with Gasteiger partial charge in [-0.3, -0.25) is 28.5 Å². The van der Waals surface area contributed by atoms with Gasteiger partial charge in [0, 0.05) is 56.2 Å². The standard InChI is InChI=1S/C52H72N8O12/c1-31(2)42(58-45(64)38(27-34-28-53-30-59(34)12)57-48(67)71-51(6,7)8)46(65)55-37(26-33-29-60(49(68)72-52(9,10)11)40-22-18-17-21-35(33)40)44(63)54-36(23-24-41(61)70-50(3,4)5)43(62)56-39(47(66)69-13)25-32-19-15-14-16-20-32/h14-22,28-31,36-39,42H,23-27H2,1-13H3,(H,54,63)(H,55,65)(H,56,62)(H,57,67)(H,58,64)/t36-,37+,38+,39+,42-/m1/s1. The van der Waals surface area contributed by atoms with Crippen molar-refractivity contribution in [2.45, 2.75) is 155 Å². The van der Waals surface area contributed by atoms with E-state index < -0.39 is 101 Å². The van der Waals surface area contributed by atoms with Crippen LogP contribution in [0.15, 0.2) is 73.3 Å². The predicted octanol–water partition coefficient (Wildman–Crippen LogP) is 4.97. The molecule has 4 rings (SSSR count). The minimum absolute atomic E-state index is 0.0321. The van der Waals surface area contributed by atoms with Crippen LogP contribution in [0.3, 0.4) is 0 Å². The van der Waals surface area contributed by atoms with Gasteiger partial charge < -0.3 is 50.1 Å². The lowest BCUT2D eigenvalue weighted by Gasteiger charge is -2.29. The number of alkyl carbamates (subject to hydrolysis) is 1. The molecular formula is C52H72N8O12. The molecule has 20 nitrogen and oxygen atoms in total. The smallest absolute Gasteiger partial charge is 0.419 e. The highest BCUT2D eigenvalue weighted by atomic mass is 16.6. The van der Waals surface area contributed by atoms with Gasteiger partial charge in [-0.25, -0.2) is 19.4 Å². The molecule has 0 fully saturated rings. The van der Waals surface area contributed by atoms with Crippen LogP contribution >= 0.6 is 0 Å². The summed E-state index contributed by atoms with van der Waals surface area (Å²) in [5.41, 5.74) is -0.481. The number of carbonyl (C=O) groups is 8. The number of ether oxygens (including phenoxy) is 4. The Bertz CT molecular complexity index is 2550. The van der Waals surface area contributed by atoms with Gasteiger partial charge in [-0.05, 0) is 91.8 Å². The molecule has 2 heterocycles. The SMILES string of the molecule is COC(=O)[C@H](Cc1ccccc1)NC(=O)[C@@H](CCC(=O)OC(C)(C)C)NC(=O)[C@H](Cc1cn(C(=O)OC(C)(C)C)c2ccccc12)NC(=O)[C@H](NC(=O)[C@H](Cc1cncn1C)NC(=O)OC(C)(C)C)C(C)C. The zero-order chi connectivity index (χ0) is 53.7. The summed E-state index contributed by atoms with van der Waals surface area (Å²) >= 11 is 0. The third kappa shape index (κ3) is 17.9. The highest BCUT2D eigenvalue weighted by Crippen LogP contribution is 2.25. The lowest BCUT2D eigenvalue weighted by molar-refractivity contribution is -0.155. The van der Waals surface area contributed by atoms with Crippen LogP contribution < -0.4 is 26.6 Å². The Labute approximate surface area is 421 Å². The van der Waals surface area contributed by atoms with Crippen molar-refractivity contribution in [2.75, 3.05) is 7.11 Å². The number of benzene rings is 2. The van der Waals surface area contributed by atoms with Crippen molar-refractivity contribution in [1.29, 1.82) is 0 Å². The number of rotatable bonds is 20. The lowest BCUT2D eigenvalue weighted by atomic mass is 9.99. The van der Waals surface area contributed by atoms with Gasteiger partial charge in [0.15, 0.2) is 0 Å². The Morgan fingerprint density at radius 3 is 1.76 bits per heavy atom. The summed E-state index contributed by atoms with van der Waals surface area (Å²) in [7, 11) is 2.89. The number of nitrogens with zero attached hydrogens (tertiary/aromatic N) is 3. The topological polar surface area (TPSA) is 256 Å². The van der Waals surface area contributed by atoms with Crippen LogP contribution in [-0.4, -0.2) is 116 Å². The van der Waals surface area contributed by atoms with Crippen LogP contribution in [-0.2, 0) is 74.0 Å². The van der Waals surface area contributed by atoms with Gasteiger partial charge >= 0.3 is 24.1 Å². The Morgan fingerprint density at radius 2 is 1.18 bits per heavy atom. The quantitative estimate of drug-likeness (QED) is 0.0580. The number of amides is 5. The van der Waals surface area contributed by atoms with Crippen molar-refractivity contribution < 1.29 is 57.3 Å². The Kier molecular flexibility index (Phi) is 19.7. The lowest BCUT2D eigenvalue weighted by Crippen LogP contribution is -2.60. The van der Waals surface area contributed by atoms with Crippen molar-refractivity contribution in [2.24, 2.45) is 13.0 Å². The number of hydrogen-bond donors (Lipinski definition) is 5. The number of esters is 2. The molecular weight excluding hydrogens is 929 g/mol. The van der Waals surface area contributed by atoms with Crippen LogP contribution in [0.1, 0.15) is 106 Å². The summed E-state index contributed by atoms with van der Waals surface area (Å²) in [6, 6.07) is 8.99. The number of aryl methyl sites for hydroxylation is 1. The monoisotopic (exact) mass is 1000 g/mol. The third-order valence-electron chi connectivity index (χ3n) is 10.8. The normalized spacial score (nSPS) is 13.9. The minimum atomic E-state index is -1.52. The first kappa shape index (κ1) is 57.3. The number of imidazole rings is 1. The molecule has 5 atom stereocenters. The minimum Gasteiger partial charge on any atom is -0.467 e. The summed E-state index contributed by atoms with van der Waals surface area (Å²) in [4.78, 5) is 115. The largest absolute Gasteiger partial charge is 0.467 e. The summed E-state index contributed by atoms with van der Waals surface area (Å²) in [5.74, 6) is -5.31. The summed E-state index contributed by atoms with van der Waals surface area (Å²) < 4.78 is 24.6. The van der Waals surface area contributed by atoms with Crippen molar-refractivity contribution in [3.05, 3.63) is 90.1 Å². The molecule has 72 heavy (non-hydrogen) atoms. The zero-order valence-corrected chi connectivity index (χ0v) is 43.7. The van der Waals surface area contributed by atoms with E-state index in [9.17, 15) is 38.4 Å². The predicted molar refractivity (Wildman–Crippen MR) is 267 cm³/mol. The number of para-hydroxylation sites is 1. The number of methoxy groups -OCH3 is 1. The molecule has 0 aliphatic heterocycles. The average molecular weight is 1000 g/mol. The van der Waals surface area contributed by atoms with E-state index >= 15 is 0 Å². The van der Waals surface area contributed by atoms with Crippen molar-refractivity contribution in [1.82, 2.24) is 40.7 Å². The Balaban J connectivity index is 1.76. The molecule has 0 radical (unpaired) electrons. The molecule has 0 aliphatic carbocycles. The first-order valence-electron chi connectivity index (χ1n) is 23.9. The molecule has 20 heteroatoms. The molecule has 4 aromatic rings. The summed E-state index contributed by atoms with van der Waals surface area (Å²) in [5, 5.41) is 14.1. The second kappa shape index (κ2) is 24.7. The average Bonchev–Trinajstić information content (AvgIpc) is 3.86. The molecule has 0 saturated carbocycles. The maximum absolute atomic E-state index is 14.9. The summed E-state index contributed by atoms with van der Waals surface area (Å²) in [6.45, 7) is 18.6. The van der Waals surface area contributed by atoms with E-state index in [0.717, 1.165) is 0 Å². The Morgan fingerprint density at radius 1 is 0.625 bits per heavy atom. The molecule has 0 bridgehead atoms. The third-order valence-corrected chi connectivity index (χ3v) is 10.8. The maximum Gasteiger partial charge on any atom is 0.419 e. The van der Waals surface area contributed by atoms with Crippen LogP contribution in [0.4, 0.5) is 9.59 Å². The van der Waals surface area contributed by atoms with Crippen LogP contribution in [0, 0.1) is 5.92 Å². The van der Waals surface area contributed by atoms with Gasteiger partial charge in [-0.2, -0.15) is 0 Å². The fraction of sp³-hybridized carbons (Fsp3) is 0.519. The van der Waals surface area contributed by atoms with E-state index in [4.69, 9.17) is 18.9 Å². The molecule has 2 aromatic heterocycles. The van der Waals surface area contributed by atoms with Gasteiger partial charge in [0.25, 0.3) is 0 Å². The number of fused-ring (bicyclic) bond motifs is 1. The fourth-order valence-corrected chi connectivity index (χ4v) is 7.46. The first-order chi connectivity index (χ1) is 33.5. The van der Waals surface area contributed by atoms with E-state index in [1.165, 1.54) is 30.4 Å². The maximum atomic E-state index is 14.9. The molecule has 5 N–H and O–H groups in total. The van der Waals surface area contributed by atoms with E-state index in [-0.39, 0.29) is 32.1 Å². The number of hydrogen-bond acceptors (Lipinski definition) is 13. The number of aromatic nitrogens is 3. The van der Waals surface area contributed by atoms with E-state index in [1.54, 1.807) is 142 Å². The molecule has 2 aromatic carbocycles. The van der Waals surface area contributed by atoms with Crippen LogP contribution in [0.5, 0.6) is 0 Å². The van der Waals surface area contributed by atoms with Gasteiger partial charge in [0.05, 0.1) is 19.0 Å². The second-order valence-electron chi connectivity index (χ2n) is 20.9. The number of nitrogens with one attached hydrogen (secondary N) is 5. The molecule has 392 valence electrons. The molecule has 0 saturated heterocycles. The van der Waals surface area contributed by atoms with Gasteiger partial charge in [-0.15, -0.1) is 0 Å². The van der Waals surface area contributed by atoms with Crippen molar-refractivity contribution in [3.8, 4) is 0 Å². The highest BCUT2D eigenvalue weighted by molar-refractivity contribution is 5.97. The van der Waals surface area contributed by atoms with Gasteiger partial charge in [-0.1, -0.05) is 62.4 Å². The van der Waals surface area contributed by atoms with E-state index in [2.05, 4.69) is 31.6 Å². The van der Waals surface area contributed by atoms with E-state index in [1.807, 2.05) is 0 Å². The zero-order valence-electron chi connectivity index (χ0n) is 43.7. The molecule has 0 unspecified atom stereocenters. The number of carbonyl (C=O) groups excluding carboxylic acids is 8. The van der Waals surface area contributed by atoms with Gasteiger partial charge in [0.1, 0.15) is 47.0 Å². The fourth-order valence-electron chi connectivity index (χ4n) is 7.46. The summed E-state index contributed by atoms with van der Waals surface area (Å²) in [6.07, 6.45) is 2.09. The van der Waals surface area contributed by atoms with Crippen LogP contribution in [0.25, 0.3) is 10.9 Å². The highest BCUT2D eigenvalue weighted by Gasteiger charge is 2.36. The molecule has 5 amide bonds. The van der Waals surface area contributed by atoms with Crippen molar-refractivity contribution >= 4 is 58.7 Å². The van der Waals surface area contributed by atoms with Gasteiger partial charge in [0.2, 0.25) is 23.6 Å². The van der Waals surface area contributed by atoms with Crippen molar-refractivity contribution in [3.63, 3.8) is 0 Å². The second-order valence-corrected chi connectivity index (χ2v) is 20.9. The molecule has 0 spiro atoms. The molecule has 0 aliphatic rings. The Hall–Kier alpha value is -7.25. The van der Waals surface area contributed by atoms with E-state index in [0.29, 0.717) is 27.7 Å². The first-order valence-corrected chi connectivity index (χ1v) is 23.9.